The first-order valence-electron chi connectivity index (χ1n) is 10.2. The van der Waals surface area contributed by atoms with E-state index in [1.807, 2.05) is 66.4 Å². The Morgan fingerprint density at radius 2 is 1.62 bits per heavy atom. The lowest BCUT2D eigenvalue weighted by Gasteiger charge is -2.30. The van der Waals surface area contributed by atoms with Crippen LogP contribution in [0.15, 0.2) is 54.6 Å². The zero-order valence-electron chi connectivity index (χ0n) is 17.3. The first kappa shape index (κ1) is 21.5. The summed E-state index contributed by atoms with van der Waals surface area (Å²) in [5, 5.41) is 0. The summed E-state index contributed by atoms with van der Waals surface area (Å²) >= 11 is 0. The number of carbonyl (C=O) groups excluding carboxylic acids is 1. The molecule has 5 nitrogen and oxygen atoms in total. The minimum atomic E-state index is -3.08. The van der Waals surface area contributed by atoms with E-state index in [0.717, 1.165) is 24.8 Å². The van der Waals surface area contributed by atoms with Gasteiger partial charge in [0.05, 0.1) is 6.26 Å². The van der Waals surface area contributed by atoms with Crippen LogP contribution in [0.25, 0.3) is 0 Å². The van der Waals surface area contributed by atoms with E-state index in [0.29, 0.717) is 37.7 Å². The molecule has 1 aliphatic heterocycles. The van der Waals surface area contributed by atoms with E-state index in [1.165, 1.54) is 11.8 Å². The smallest absolute Gasteiger partial charge is 0.254 e. The Hall–Kier alpha value is -2.18. The molecule has 2 aromatic carbocycles. The maximum absolute atomic E-state index is 12.9. The van der Waals surface area contributed by atoms with Crippen molar-refractivity contribution >= 4 is 15.9 Å². The molecule has 1 amide bonds. The highest BCUT2D eigenvalue weighted by Gasteiger charge is 2.25. The summed E-state index contributed by atoms with van der Waals surface area (Å²) in [6.45, 7) is 4.47. The SMILES string of the molecule is CCN(Cc1ccccc1)C(=O)c1ccc(CC2CCN(S(C)(=O)=O)CC2)cc1. The highest BCUT2D eigenvalue weighted by Crippen LogP contribution is 2.23. The van der Waals surface area contributed by atoms with Crippen LogP contribution in [0.1, 0.15) is 41.3 Å². The van der Waals surface area contributed by atoms with Gasteiger partial charge in [0.15, 0.2) is 0 Å². The zero-order chi connectivity index (χ0) is 20.9. The molecule has 0 aromatic heterocycles. The van der Waals surface area contributed by atoms with Crippen LogP contribution >= 0.6 is 0 Å². The predicted molar refractivity (Wildman–Crippen MR) is 116 cm³/mol. The number of hydrogen-bond acceptors (Lipinski definition) is 3. The van der Waals surface area contributed by atoms with Crippen LogP contribution < -0.4 is 0 Å². The summed E-state index contributed by atoms with van der Waals surface area (Å²) in [4.78, 5) is 14.7. The Kier molecular flexibility index (Phi) is 7.09. The summed E-state index contributed by atoms with van der Waals surface area (Å²) in [5.74, 6) is 0.532. The van der Waals surface area contributed by atoms with Crippen molar-refractivity contribution in [2.75, 3.05) is 25.9 Å². The van der Waals surface area contributed by atoms with Crippen molar-refractivity contribution < 1.29 is 13.2 Å². The Morgan fingerprint density at radius 3 is 2.17 bits per heavy atom. The molecule has 1 heterocycles. The largest absolute Gasteiger partial charge is 0.335 e. The summed E-state index contributed by atoms with van der Waals surface area (Å²) in [6.07, 6.45) is 3.97. The van der Waals surface area contributed by atoms with Gasteiger partial charge in [-0.25, -0.2) is 12.7 Å². The number of carbonyl (C=O) groups is 1. The van der Waals surface area contributed by atoms with Crippen molar-refractivity contribution in [1.29, 1.82) is 0 Å². The van der Waals surface area contributed by atoms with Gasteiger partial charge in [0.25, 0.3) is 5.91 Å². The van der Waals surface area contributed by atoms with Crippen LogP contribution in [-0.4, -0.2) is 49.4 Å². The Labute approximate surface area is 174 Å². The average molecular weight is 415 g/mol. The highest BCUT2D eigenvalue weighted by atomic mass is 32.2. The van der Waals surface area contributed by atoms with E-state index < -0.39 is 10.0 Å². The molecule has 2 aromatic rings. The first-order valence-corrected chi connectivity index (χ1v) is 12.1. The minimum Gasteiger partial charge on any atom is -0.335 e. The minimum absolute atomic E-state index is 0.0457. The molecule has 0 N–H and O–H groups in total. The Bertz CT molecular complexity index is 903. The molecular formula is C23H30N2O3S. The van der Waals surface area contributed by atoms with Gasteiger partial charge in [-0.05, 0) is 55.4 Å². The van der Waals surface area contributed by atoms with Crippen LogP contribution in [0.4, 0.5) is 0 Å². The van der Waals surface area contributed by atoms with Crippen molar-refractivity contribution in [3.63, 3.8) is 0 Å². The van der Waals surface area contributed by atoms with Crippen LogP contribution in [0, 0.1) is 5.92 Å². The fourth-order valence-corrected chi connectivity index (χ4v) is 4.75. The van der Waals surface area contributed by atoms with E-state index >= 15 is 0 Å². The fraction of sp³-hybridized carbons (Fsp3) is 0.435. The lowest BCUT2D eigenvalue weighted by molar-refractivity contribution is 0.0752. The molecule has 1 aliphatic rings. The van der Waals surface area contributed by atoms with E-state index in [-0.39, 0.29) is 5.91 Å². The van der Waals surface area contributed by atoms with Crippen LogP contribution in [0.3, 0.4) is 0 Å². The predicted octanol–water partition coefficient (Wildman–Crippen LogP) is 3.56. The molecule has 29 heavy (non-hydrogen) atoms. The molecule has 0 unspecified atom stereocenters. The monoisotopic (exact) mass is 414 g/mol. The highest BCUT2D eigenvalue weighted by molar-refractivity contribution is 7.88. The second kappa shape index (κ2) is 9.55. The summed E-state index contributed by atoms with van der Waals surface area (Å²) in [6, 6.07) is 17.9. The van der Waals surface area contributed by atoms with Gasteiger partial charge in [-0.2, -0.15) is 0 Å². The second-order valence-electron chi connectivity index (χ2n) is 7.81. The summed E-state index contributed by atoms with van der Waals surface area (Å²) in [5.41, 5.74) is 3.03. The zero-order valence-corrected chi connectivity index (χ0v) is 18.1. The van der Waals surface area contributed by atoms with Crippen molar-refractivity contribution in [2.24, 2.45) is 5.92 Å². The number of nitrogens with zero attached hydrogens (tertiary/aromatic N) is 2. The van der Waals surface area contributed by atoms with Crippen molar-refractivity contribution in [3.8, 4) is 0 Å². The van der Waals surface area contributed by atoms with Crippen LogP contribution in [-0.2, 0) is 23.0 Å². The molecule has 1 fully saturated rings. The molecule has 0 radical (unpaired) electrons. The maximum Gasteiger partial charge on any atom is 0.254 e. The van der Waals surface area contributed by atoms with Gasteiger partial charge in [-0.15, -0.1) is 0 Å². The third-order valence-corrected chi connectivity index (χ3v) is 6.96. The van der Waals surface area contributed by atoms with Gasteiger partial charge < -0.3 is 4.90 Å². The lowest BCUT2D eigenvalue weighted by Crippen LogP contribution is -2.38. The third-order valence-electron chi connectivity index (χ3n) is 5.65. The molecule has 0 atom stereocenters. The van der Waals surface area contributed by atoms with Gasteiger partial charge in [0, 0.05) is 31.7 Å². The molecule has 0 spiro atoms. The molecule has 6 heteroatoms. The summed E-state index contributed by atoms with van der Waals surface area (Å²) in [7, 11) is -3.08. The lowest BCUT2D eigenvalue weighted by atomic mass is 9.90. The van der Waals surface area contributed by atoms with Gasteiger partial charge >= 0.3 is 0 Å². The van der Waals surface area contributed by atoms with Crippen LogP contribution in [0.2, 0.25) is 0 Å². The van der Waals surface area contributed by atoms with E-state index in [9.17, 15) is 13.2 Å². The van der Waals surface area contributed by atoms with Gasteiger partial charge in [0.2, 0.25) is 10.0 Å². The van der Waals surface area contributed by atoms with Crippen LogP contribution in [0.5, 0.6) is 0 Å². The number of amides is 1. The van der Waals surface area contributed by atoms with E-state index in [2.05, 4.69) is 0 Å². The van der Waals surface area contributed by atoms with Crippen molar-refractivity contribution in [2.45, 2.75) is 32.7 Å². The summed E-state index contributed by atoms with van der Waals surface area (Å²) < 4.78 is 24.8. The number of benzene rings is 2. The second-order valence-corrected chi connectivity index (χ2v) is 9.79. The molecule has 0 bridgehead atoms. The first-order chi connectivity index (χ1) is 13.9. The van der Waals surface area contributed by atoms with Gasteiger partial charge in [-0.3, -0.25) is 4.79 Å². The molecule has 0 aliphatic carbocycles. The number of piperidine rings is 1. The number of rotatable bonds is 7. The van der Waals surface area contributed by atoms with Gasteiger partial charge in [0.1, 0.15) is 0 Å². The Balaban J connectivity index is 1.57. The van der Waals surface area contributed by atoms with E-state index in [1.54, 1.807) is 4.31 Å². The molecular weight excluding hydrogens is 384 g/mol. The maximum atomic E-state index is 12.9. The topological polar surface area (TPSA) is 57.7 Å². The number of hydrogen-bond donors (Lipinski definition) is 0. The normalized spacial score (nSPS) is 15.9. The molecule has 1 saturated heterocycles. The molecule has 156 valence electrons. The van der Waals surface area contributed by atoms with E-state index in [4.69, 9.17) is 0 Å². The van der Waals surface area contributed by atoms with Crippen molar-refractivity contribution in [1.82, 2.24) is 9.21 Å². The fourth-order valence-electron chi connectivity index (χ4n) is 3.88. The van der Waals surface area contributed by atoms with Crippen molar-refractivity contribution in [3.05, 3.63) is 71.3 Å². The van der Waals surface area contributed by atoms with Gasteiger partial charge in [-0.1, -0.05) is 42.5 Å². The molecule has 3 rings (SSSR count). The number of sulfonamides is 1. The standard InChI is InChI=1S/C23H30N2O3S/c1-3-24(18-21-7-5-4-6-8-21)23(26)22-11-9-19(10-12-22)17-20-13-15-25(16-14-20)29(2,27)28/h4-12,20H,3,13-18H2,1-2H3. The Morgan fingerprint density at radius 1 is 1.00 bits per heavy atom. The molecule has 0 saturated carbocycles. The average Bonchev–Trinajstić information content (AvgIpc) is 2.72. The third kappa shape index (κ3) is 5.90. The quantitative estimate of drug-likeness (QED) is 0.696.